The maximum Gasteiger partial charge on any atom is 0.0135 e. The zero-order chi connectivity index (χ0) is 13.8. The van der Waals surface area contributed by atoms with Gasteiger partial charge in [0, 0.05) is 5.41 Å². The van der Waals surface area contributed by atoms with Crippen LogP contribution in [0, 0.1) is 28.6 Å². The average molecular weight is 269 g/mol. The van der Waals surface area contributed by atoms with E-state index in [1.807, 2.05) is 0 Å². The van der Waals surface area contributed by atoms with Crippen molar-refractivity contribution < 1.29 is 0 Å². The van der Waals surface area contributed by atoms with E-state index >= 15 is 0 Å². The zero-order valence-corrected chi connectivity index (χ0v) is 12.6. The van der Waals surface area contributed by atoms with Gasteiger partial charge in [0.25, 0.3) is 0 Å². The Morgan fingerprint density at radius 2 is 2.10 bits per heavy atom. The molecule has 0 aromatic heterocycles. The molecule has 0 saturated heterocycles. The fraction of sp³-hybridized carbons (Fsp3) is 0.684. The third kappa shape index (κ3) is 1.53. The van der Waals surface area contributed by atoms with E-state index in [1.165, 1.54) is 38.5 Å². The molecule has 4 rings (SSSR count). The molecule has 0 bridgehead atoms. The van der Waals surface area contributed by atoms with Gasteiger partial charge in [0.1, 0.15) is 0 Å². The lowest BCUT2D eigenvalue weighted by Gasteiger charge is -2.55. The Labute approximate surface area is 123 Å². The topological polar surface area (TPSA) is 26.0 Å². The Hall–Kier alpha value is -0.820. The first kappa shape index (κ1) is 12.9. The van der Waals surface area contributed by atoms with Crippen LogP contribution in [0.4, 0.5) is 0 Å². The van der Waals surface area contributed by atoms with Gasteiger partial charge in [0.15, 0.2) is 0 Å². The van der Waals surface area contributed by atoms with E-state index in [4.69, 9.17) is 5.73 Å². The Balaban J connectivity index is 1.73. The lowest BCUT2D eigenvalue weighted by atomic mass is 9.49. The maximum absolute atomic E-state index is 6.23. The van der Waals surface area contributed by atoms with E-state index < -0.39 is 0 Å². The zero-order valence-electron chi connectivity index (χ0n) is 12.6. The molecule has 2 fully saturated rings. The van der Waals surface area contributed by atoms with Gasteiger partial charge in [0.05, 0.1) is 0 Å². The second-order valence-corrected chi connectivity index (χ2v) is 7.77. The van der Waals surface area contributed by atoms with Gasteiger partial charge < -0.3 is 5.73 Å². The summed E-state index contributed by atoms with van der Waals surface area (Å²) >= 11 is 0. The number of hydrogen-bond donors (Lipinski definition) is 1. The van der Waals surface area contributed by atoms with Gasteiger partial charge in [-0.1, -0.05) is 43.7 Å². The molecular weight excluding hydrogens is 242 g/mol. The molecule has 2 saturated carbocycles. The van der Waals surface area contributed by atoms with E-state index in [1.54, 1.807) is 5.57 Å². The van der Waals surface area contributed by atoms with Crippen LogP contribution in [0.25, 0.3) is 0 Å². The van der Waals surface area contributed by atoms with Crippen LogP contribution < -0.4 is 5.73 Å². The number of fused-ring (bicyclic) bond motifs is 5. The molecule has 1 nitrogen and oxygen atoms in total. The van der Waals surface area contributed by atoms with Gasteiger partial charge in [-0.05, 0) is 67.4 Å². The van der Waals surface area contributed by atoms with Crippen molar-refractivity contribution in [2.24, 2.45) is 34.3 Å². The van der Waals surface area contributed by atoms with Crippen molar-refractivity contribution in [3.8, 4) is 0 Å². The SMILES string of the molecule is C[C@]12C=CC=CC1=CC[C@H]1[C@@H]3CCC[C@@]3(CN)CC[C@@H]12. The molecule has 0 spiro atoms. The molecule has 0 radical (unpaired) electrons. The third-order valence-electron chi connectivity index (χ3n) is 7.20. The Kier molecular flexibility index (Phi) is 2.79. The molecule has 108 valence electrons. The summed E-state index contributed by atoms with van der Waals surface area (Å²) in [5.74, 6) is 2.60. The minimum absolute atomic E-state index is 0.293. The minimum atomic E-state index is 0.293. The number of nitrogens with two attached hydrogens (primary N) is 1. The molecule has 20 heavy (non-hydrogen) atoms. The smallest absolute Gasteiger partial charge is 0.0135 e. The Morgan fingerprint density at radius 3 is 2.95 bits per heavy atom. The highest BCUT2D eigenvalue weighted by molar-refractivity contribution is 5.41. The van der Waals surface area contributed by atoms with Crippen LogP contribution >= 0.6 is 0 Å². The number of hydrogen-bond acceptors (Lipinski definition) is 1. The highest BCUT2D eigenvalue weighted by atomic mass is 14.7. The van der Waals surface area contributed by atoms with Crippen LogP contribution in [-0.4, -0.2) is 6.54 Å². The normalized spacial score (nSPS) is 49.3. The predicted molar refractivity (Wildman–Crippen MR) is 84.1 cm³/mol. The monoisotopic (exact) mass is 269 g/mol. The summed E-state index contributed by atoms with van der Waals surface area (Å²) in [7, 11) is 0. The summed E-state index contributed by atoms with van der Waals surface area (Å²) in [6.45, 7) is 3.39. The second kappa shape index (κ2) is 4.34. The molecule has 2 N–H and O–H groups in total. The van der Waals surface area contributed by atoms with Gasteiger partial charge in [-0.15, -0.1) is 0 Å². The number of allylic oxidation sites excluding steroid dienone is 6. The first-order valence-corrected chi connectivity index (χ1v) is 8.46. The van der Waals surface area contributed by atoms with Crippen molar-refractivity contribution in [3.05, 3.63) is 36.0 Å². The van der Waals surface area contributed by atoms with E-state index in [-0.39, 0.29) is 0 Å². The molecule has 5 atom stereocenters. The summed E-state index contributed by atoms with van der Waals surface area (Å²) in [5, 5.41) is 0. The lowest BCUT2D eigenvalue weighted by Crippen LogP contribution is -2.50. The van der Waals surface area contributed by atoms with Crippen molar-refractivity contribution in [3.63, 3.8) is 0 Å². The molecule has 0 amide bonds. The van der Waals surface area contributed by atoms with Gasteiger partial charge in [-0.25, -0.2) is 0 Å². The highest BCUT2D eigenvalue weighted by Gasteiger charge is 2.55. The van der Waals surface area contributed by atoms with Gasteiger partial charge in [0.2, 0.25) is 0 Å². The van der Waals surface area contributed by atoms with Crippen LogP contribution in [0.1, 0.15) is 45.4 Å². The Morgan fingerprint density at radius 1 is 1.20 bits per heavy atom. The molecule has 0 aliphatic heterocycles. The Bertz CT molecular complexity index is 500. The second-order valence-electron chi connectivity index (χ2n) is 7.77. The predicted octanol–water partition coefficient (Wildman–Crippen LogP) is 4.22. The van der Waals surface area contributed by atoms with Crippen molar-refractivity contribution in [2.45, 2.75) is 45.4 Å². The third-order valence-corrected chi connectivity index (χ3v) is 7.20. The van der Waals surface area contributed by atoms with E-state index in [0.29, 0.717) is 10.8 Å². The van der Waals surface area contributed by atoms with Crippen LogP contribution in [-0.2, 0) is 0 Å². The fourth-order valence-electron chi connectivity index (χ4n) is 6.09. The lowest BCUT2D eigenvalue weighted by molar-refractivity contribution is -0.00505. The molecule has 0 unspecified atom stereocenters. The molecule has 4 aliphatic rings. The van der Waals surface area contributed by atoms with Crippen LogP contribution in [0.3, 0.4) is 0 Å². The van der Waals surface area contributed by atoms with Gasteiger partial charge in [-0.3, -0.25) is 0 Å². The minimum Gasteiger partial charge on any atom is -0.330 e. The van der Waals surface area contributed by atoms with Gasteiger partial charge >= 0.3 is 0 Å². The molecule has 0 aromatic rings. The molecule has 4 aliphatic carbocycles. The summed E-state index contributed by atoms with van der Waals surface area (Å²) in [6, 6.07) is 0. The van der Waals surface area contributed by atoms with E-state index in [0.717, 1.165) is 24.3 Å². The highest BCUT2D eigenvalue weighted by Crippen LogP contribution is 2.63. The maximum atomic E-state index is 6.23. The largest absolute Gasteiger partial charge is 0.330 e. The standard InChI is InChI=1S/C19H27N/c1-18-10-3-2-5-14(18)7-8-15-16(18)9-12-19(13-20)11-4-6-17(15)19/h2-3,5,7,10,15-17H,4,6,8-9,11-13,20H2,1H3/t15-,16+,17+,18+,19+/m1/s1. The van der Waals surface area contributed by atoms with Crippen LogP contribution in [0.2, 0.25) is 0 Å². The molecule has 0 heterocycles. The summed E-state index contributed by atoms with van der Waals surface area (Å²) in [6.07, 6.45) is 20.1. The van der Waals surface area contributed by atoms with Crippen LogP contribution in [0.5, 0.6) is 0 Å². The van der Waals surface area contributed by atoms with Crippen molar-refractivity contribution in [2.75, 3.05) is 6.54 Å². The average Bonchev–Trinajstić information content (AvgIpc) is 2.91. The number of rotatable bonds is 1. The summed E-state index contributed by atoms with van der Waals surface area (Å²) < 4.78 is 0. The quantitative estimate of drug-likeness (QED) is 0.758. The summed E-state index contributed by atoms with van der Waals surface area (Å²) in [4.78, 5) is 0. The van der Waals surface area contributed by atoms with Crippen molar-refractivity contribution in [1.82, 2.24) is 0 Å². The fourth-order valence-corrected chi connectivity index (χ4v) is 6.09. The molecule has 0 aromatic carbocycles. The van der Waals surface area contributed by atoms with Crippen molar-refractivity contribution >= 4 is 0 Å². The molecule has 1 heteroatoms. The summed E-state index contributed by atoms with van der Waals surface area (Å²) in [5.41, 5.74) is 8.58. The first-order valence-electron chi connectivity index (χ1n) is 8.46. The molecular formula is C19H27N. The van der Waals surface area contributed by atoms with Gasteiger partial charge in [-0.2, -0.15) is 0 Å². The first-order chi connectivity index (χ1) is 9.70. The van der Waals surface area contributed by atoms with Crippen molar-refractivity contribution in [1.29, 1.82) is 0 Å². The van der Waals surface area contributed by atoms with E-state index in [2.05, 4.69) is 37.3 Å². The van der Waals surface area contributed by atoms with Crippen LogP contribution in [0.15, 0.2) is 36.0 Å². The van der Waals surface area contributed by atoms with E-state index in [9.17, 15) is 0 Å².